The Bertz CT molecular complexity index is 808. The summed E-state index contributed by atoms with van der Waals surface area (Å²) in [6.07, 6.45) is 1.78. The maximum atomic E-state index is 13.0. The maximum Gasteiger partial charge on any atom is 0.254 e. The summed E-state index contributed by atoms with van der Waals surface area (Å²) in [6, 6.07) is 7.24. The van der Waals surface area contributed by atoms with Gasteiger partial charge in [0, 0.05) is 30.1 Å². The highest BCUT2D eigenvalue weighted by Crippen LogP contribution is 2.31. The molecule has 2 atom stereocenters. The minimum Gasteiger partial charge on any atom is -0.497 e. The fourth-order valence-electron chi connectivity index (χ4n) is 3.84. The second-order valence-electron chi connectivity index (χ2n) is 6.82. The Morgan fingerprint density at radius 2 is 2.23 bits per heavy atom. The number of methoxy groups -OCH3 is 1. The van der Waals surface area contributed by atoms with E-state index in [1.165, 1.54) is 11.3 Å². The van der Waals surface area contributed by atoms with Crippen molar-refractivity contribution in [3.8, 4) is 5.75 Å². The van der Waals surface area contributed by atoms with Gasteiger partial charge in [0.1, 0.15) is 5.75 Å². The lowest BCUT2D eigenvalue weighted by Gasteiger charge is -2.35. The van der Waals surface area contributed by atoms with Gasteiger partial charge in [0.25, 0.3) is 5.91 Å². The largest absolute Gasteiger partial charge is 0.497 e. The lowest BCUT2D eigenvalue weighted by atomic mass is 9.94. The van der Waals surface area contributed by atoms with Crippen LogP contribution in [0.1, 0.15) is 28.9 Å². The van der Waals surface area contributed by atoms with E-state index in [1.54, 1.807) is 24.8 Å². The molecule has 0 N–H and O–H groups in total. The molecule has 3 aliphatic heterocycles. The molecule has 0 aliphatic carbocycles. The minimum absolute atomic E-state index is 0.0379. The molecule has 3 aliphatic rings. The van der Waals surface area contributed by atoms with Crippen LogP contribution in [0.5, 0.6) is 5.75 Å². The molecule has 0 unspecified atom stereocenters. The van der Waals surface area contributed by atoms with Crippen LogP contribution in [0, 0.1) is 5.92 Å². The van der Waals surface area contributed by atoms with Crippen molar-refractivity contribution in [2.45, 2.75) is 25.4 Å². The SMILES string of the molecule is COc1cccc(C(=O)N2C[C@@H]3CC[C@H](C2)N(Cc2cscn2)C3=O)c1. The Labute approximate surface area is 156 Å². The second-order valence-corrected chi connectivity index (χ2v) is 7.53. The number of rotatable bonds is 4. The van der Waals surface area contributed by atoms with E-state index in [0.29, 0.717) is 30.9 Å². The molecule has 7 heteroatoms. The summed E-state index contributed by atoms with van der Waals surface area (Å²) in [4.78, 5) is 33.9. The van der Waals surface area contributed by atoms with Gasteiger partial charge in [-0.15, -0.1) is 11.3 Å². The van der Waals surface area contributed by atoms with Gasteiger partial charge in [-0.05, 0) is 31.0 Å². The van der Waals surface area contributed by atoms with Crippen molar-refractivity contribution >= 4 is 23.2 Å². The second kappa shape index (κ2) is 7.07. The van der Waals surface area contributed by atoms with E-state index in [2.05, 4.69) is 4.98 Å². The van der Waals surface area contributed by atoms with Gasteiger partial charge in [-0.25, -0.2) is 4.98 Å². The topological polar surface area (TPSA) is 62.7 Å². The van der Waals surface area contributed by atoms with Gasteiger partial charge >= 0.3 is 0 Å². The zero-order chi connectivity index (χ0) is 18.1. The van der Waals surface area contributed by atoms with Crippen LogP contribution in [0.25, 0.3) is 0 Å². The molecule has 4 heterocycles. The molecule has 6 nitrogen and oxygen atoms in total. The molecule has 2 amide bonds. The summed E-state index contributed by atoms with van der Waals surface area (Å²) in [5.74, 6) is 0.649. The van der Waals surface area contributed by atoms with Crippen LogP contribution in [0.15, 0.2) is 35.2 Å². The Hall–Kier alpha value is -2.41. The Kier molecular flexibility index (Phi) is 4.63. The highest BCUT2D eigenvalue weighted by Gasteiger charge is 2.42. The Morgan fingerprint density at radius 3 is 3.00 bits per heavy atom. The Balaban J connectivity index is 1.55. The molecular formula is C19H21N3O3S. The van der Waals surface area contributed by atoms with Crippen molar-refractivity contribution in [3.05, 3.63) is 46.4 Å². The first-order chi connectivity index (χ1) is 12.7. The van der Waals surface area contributed by atoms with Crippen molar-refractivity contribution < 1.29 is 14.3 Å². The van der Waals surface area contributed by atoms with E-state index in [-0.39, 0.29) is 23.8 Å². The van der Waals surface area contributed by atoms with Gasteiger partial charge in [0.15, 0.2) is 0 Å². The number of piperidine rings is 1. The van der Waals surface area contributed by atoms with Gasteiger partial charge < -0.3 is 14.5 Å². The summed E-state index contributed by atoms with van der Waals surface area (Å²) < 4.78 is 5.23. The number of fused-ring (bicyclic) bond motifs is 4. The molecule has 2 bridgehead atoms. The average molecular weight is 371 g/mol. The van der Waals surface area contributed by atoms with E-state index < -0.39 is 0 Å². The first-order valence-corrected chi connectivity index (χ1v) is 9.71. The van der Waals surface area contributed by atoms with Crippen LogP contribution in [0.3, 0.4) is 0 Å². The molecule has 2 aromatic rings. The quantitative estimate of drug-likeness (QED) is 0.828. The first-order valence-electron chi connectivity index (χ1n) is 8.76. The molecule has 5 rings (SSSR count). The smallest absolute Gasteiger partial charge is 0.254 e. The number of carbonyl (C=O) groups is 2. The Morgan fingerprint density at radius 1 is 1.35 bits per heavy atom. The number of aromatic nitrogens is 1. The predicted molar refractivity (Wildman–Crippen MR) is 98.1 cm³/mol. The van der Waals surface area contributed by atoms with Gasteiger partial charge in [0.05, 0.1) is 30.8 Å². The fourth-order valence-corrected chi connectivity index (χ4v) is 4.39. The van der Waals surface area contributed by atoms with Crippen LogP contribution < -0.4 is 4.74 Å². The normalized spacial score (nSPS) is 22.4. The van der Waals surface area contributed by atoms with Crippen LogP contribution >= 0.6 is 11.3 Å². The fraction of sp³-hybridized carbons (Fsp3) is 0.421. The van der Waals surface area contributed by atoms with E-state index in [9.17, 15) is 9.59 Å². The van der Waals surface area contributed by atoms with Crippen molar-refractivity contribution in [3.63, 3.8) is 0 Å². The molecule has 3 saturated heterocycles. The maximum absolute atomic E-state index is 13.0. The van der Waals surface area contributed by atoms with Crippen LogP contribution in [-0.4, -0.2) is 52.8 Å². The van der Waals surface area contributed by atoms with E-state index in [4.69, 9.17) is 4.74 Å². The standard InChI is InChI=1S/C19H21N3O3S/c1-25-17-4-2-3-13(7-17)18(23)21-8-14-5-6-16(10-21)22(19(14)24)9-15-11-26-12-20-15/h2-4,7,11-12,14,16H,5-6,8-10H2,1H3/t14-,16+/m0/s1. The highest BCUT2D eigenvalue weighted by atomic mass is 32.1. The molecular weight excluding hydrogens is 350 g/mol. The number of hydrogen-bond acceptors (Lipinski definition) is 5. The van der Waals surface area contributed by atoms with E-state index >= 15 is 0 Å². The number of benzene rings is 1. The summed E-state index contributed by atoms with van der Waals surface area (Å²) in [7, 11) is 1.59. The van der Waals surface area contributed by atoms with Crippen molar-refractivity contribution in [1.82, 2.24) is 14.8 Å². The molecule has 26 heavy (non-hydrogen) atoms. The van der Waals surface area contributed by atoms with E-state index in [0.717, 1.165) is 18.5 Å². The predicted octanol–water partition coefficient (Wildman–Crippen LogP) is 2.41. The van der Waals surface area contributed by atoms with Crippen LogP contribution in [0.2, 0.25) is 0 Å². The first kappa shape index (κ1) is 17.0. The molecule has 3 fully saturated rings. The lowest BCUT2D eigenvalue weighted by Crippen LogP contribution is -2.47. The number of nitrogens with zero attached hydrogens (tertiary/aromatic N) is 3. The average Bonchev–Trinajstić information content (AvgIpc) is 3.04. The summed E-state index contributed by atoms with van der Waals surface area (Å²) in [6.45, 7) is 1.59. The summed E-state index contributed by atoms with van der Waals surface area (Å²) >= 11 is 1.54. The van der Waals surface area contributed by atoms with Gasteiger partial charge in [-0.1, -0.05) is 6.07 Å². The lowest BCUT2D eigenvalue weighted by molar-refractivity contribution is -0.140. The van der Waals surface area contributed by atoms with Gasteiger partial charge in [0.2, 0.25) is 5.91 Å². The molecule has 136 valence electrons. The van der Waals surface area contributed by atoms with Crippen LogP contribution in [0.4, 0.5) is 0 Å². The summed E-state index contributed by atoms with van der Waals surface area (Å²) in [5, 5.41) is 1.98. The molecule has 1 aromatic carbocycles. The number of hydrogen-bond donors (Lipinski definition) is 0. The molecule has 0 saturated carbocycles. The third kappa shape index (κ3) is 3.19. The third-order valence-electron chi connectivity index (χ3n) is 5.21. The summed E-state index contributed by atoms with van der Waals surface area (Å²) in [5.41, 5.74) is 3.31. The number of carbonyl (C=O) groups excluding carboxylic acids is 2. The number of ether oxygens (including phenoxy) is 1. The third-order valence-corrected chi connectivity index (χ3v) is 5.85. The van der Waals surface area contributed by atoms with Crippen molar-refractivity contribution in [2.75, 3.05) is 20.2 Å². The highest BCUT2D eigenvalue weighted by molar-refractivity contribution is 7.07. The van der Waals surface area contributed by atoms with Crippen molar-refractivity contribution in [1.29, 1.82) is 0 Å². The molecule has 1 aromatic heterocycles. The zero-order valence-corrected chi connectivity index (χ0v) is 15.4. The molecule has 0 spiro atoms. The molecule has 0 radical (unpaired) electrons. The number of thiazole rings is 1. The number of amides is 2. The minimum atomic E-state index is -0.123. The monoisotopic (exact) mass is 371 g/mol. The van der Waals surface area contributed by atoms with Crippen LogP contribution in [-0.2, 0) is 11.3 Å². The van der Waals surface area contributed by atoms with Gasteiger partial charge in [-0.3, -0.25) is 9.59 Å². The van der Waals surface area contributed by atoms with E-state index in [1.807, 2.05) is 27.3 Å². The zero-order valence-electron chi connectivity index (χ0n) is 14.6. The van der Waals surface area contributed by atoms with Crippen molar-refractivity contribution in [2.24, 2.45) is 5.92 Å². The van der Waals surface area contributed by atoms with Gasteiger partial charge in [-0.2, -0.15) is 0 Å².